The molecule has 0 radical (unpaired) electrons. The third-order valence-corrected chi connectivity index (χ3v) is 5.81. The van der Waals surface area contributed by atoms with Gasteiger partial charge >= 0.3 is 0 Å². The first kappa shape index (κ1) is 23.2. The molecule has 1 aliphatic heterocycles. The predicted octanol–water partition coefficient (Wildman–Crippen LogP) is 4.10. The Labute approximate surface area is 196 Å². The van der Waals surface area contributed by atoms with Gasteiger partial charge in [-0.3, -0.25) is 0 Å². The summed E-state index contributed by atoms with van der Waals surface area (Å²) in [6, 6.07) is 18.9. The number of hydrogen-bond donors (Lipinski definition) is 4. The van der Waals surface area contributed by atoms with E-state index in [-0.39, 0.29) is 0 Å². The van der Waals surface area contributed by atoms with Gasteiger partial charge in [0, 0.05) is 55.7 Å². The van der Waals surface area contributed by atoms with Crippen molar-refractivity contribution >= 4 is 17.3 Å². The molecule has 4 N–H and O–H groups in total. The molecule has 7 nitrogen and oxygen atoms in total. The zero-order chi connectivity index (χ0) is 22.9. The van der Waals surface area contributed by atoms with E-state index in [1.54, 1.807) is 0 Å². The molecule has 0 saturated carbocycles. The van der Waals surface area contributed by atoms with E-state index >= 15 is 0 Å². The molecular formula is C26H34N6O. The van der Waals surface area contributed by atoms with Gasteiger partial charge in [0.05, 0.1) is 0 Å². The van der Waals surface area contributed by atoms with Crippen molar-refractivity contribution in [2.75, 3.05) is 44.0 Å². The van der Waals surface area contributed by atoms with Crippen LogP contribution in [-0.2, 0) is 11.3 Å². The Morgan fingerprint density at radius 1 is 0.939 bits per heavy atom. The molecule has 0 aliphatic carbocycles. The second-order valence-corrected chi connectivity index (χ2v) is 8.37. The van der Waals surface area contributed by atoms with Crippen LogP contribution in [0.3, 0.4) is 0 Å². The van der Waals surface area contributed by atoms with Gasteiger partial charge in [-0.2, -0.15) is 0 Å². The minimum Gasteiger partial charge on any atom is -0.381 e. The van der Waals surface area contributed by atoms with E-state index in [4.69, 9.17) is 14.7 Å². The normalized spacial score (nSPS) is 14.2. The Bertz CT molecular complexity index is 1020. The molecule has 0 atom stereocenters. The highest BCUT2D eigenvalue weighted by atomic mass is 16.5. The van der Waals surface area contributed by atoms with Crippen LogP contribution in [0.15, 0.2) is 54.6 Å². The summed E-state index contributed by atoms with van der Waals surface area (Å²) >= 11 is 0. The maximum atomic E-state index is 5.53. The van der Waals surface area contributed by atoms with Gasteiger partial charge < -0.3 is 26.0 Å². The Hall–Kier alpha value is -3.00. The molecule has 0 bridgehead atoms. The van der Waals surface area contributed by atoms with E-state index in [1.165, 1.54) is 5.56 Å². The van der Waals surface area contributed by atoms with Crippen LogP contribution in [0.2, 0.25) is 0 Å². The van der Waals surface area contributed by atoms with Crippen LogP contribution in [0.5, 0.6) is 0 Å². The fourth-order valence-corrected chi connectivity index (χ4v) is 3.87. The molecule has 4 rings (SSSR count). The molecule has 1 aliphatic rings. The van der Waals surface area contributed by atoms with E-state index in [2.05, 4.69) is 52.5 Å². The number of ether oxygens (including phenoxy) is 1. The third-order valence-electron chi connectivity index (χ3n) is 5.81. The minimum absolute atomic E-state index is 0.354. The minimum atomic E-state index is 0.354. The highest BCUT2D eigenvalue weighted by molar-refractivity contribution is 5.69. The molecule has 1 saturated heterocycles. The second kappa shape index (κ2) is 11.7. The number of rotatable bonds is 10. The van der Waals surface area contributed by atoms with Crippen molar-refractivity contribution in [3.05, 3.63) is 65.7 Å². The summed E-state index contributed by atoms with van der Waals surface area (Å²) in [6.07, 6.45) is 1.96. The Kier molecular flexibility index (Phi) is 8.24. The molecule has 1 fully saturated rings. The summed E-state index contributed by atoms with van der Waals surface area (Å²) in [6.45, 7) is 6.31. The standard InChI is InChI=1S/C26H34N6O/c1-19-24(29-22-9-4-3-5-10-22)31-26(32-25(19)30-23-11-15-33-16-12-23)21-8-6-7-20(17-21)18-28-14-13-27-2/h3-10,17,23,27-28H,11-16,18H2,1-2H3,(H2,29,30,31,32). The monoisotopic (exact) mass is 446 g/mol. The van der Waals surface area contributed by atoms with Crippen LogP contribution in [0.4, 0.5) is 17.3 Å². The van der Waals surface area contributed by atoms with E-state index in [9.17, 15) is 0 Å². The first-order valence-corrected chi connectivity index (χ1v) is 11.7. The Morgan fingerprint density at radius 2 is 1.73 bits per heavy atom. The first-order chi connectivity index (χ1) is 16.2. The van der Waals surface area contributed by atoms with Gasteiger partial charge in [0.15, 0.2) is 5.82 Å². The second-order valence-electron chi connectivity index (χ2n) is 8.37. The zero-order valence-electron chi connectivity index (χ0n) is 19.5. The zero-order valence-corrected chi connectivity index (χ0v) is 19.5. The summed E-state index contributed by atoms with van der Waals surface area (Å²) in [5.41, 5.74) is 4.24. The van der Waals surface area contributed by atoms with Crippen molar-refractivity contribution in [2.45, 2.75) is 32.4 Å². The van der Waals surface area contributed by atoms with Crippen LogP contribution >= 0.6 is 0 Å². The largest absolute Gasteiger partial charge is 0.381 e. The number of nitrogens with one attached hydrogen (secondary N) is 4. The smallest absolute Gasteiger partial charge is 0.163 e. The van der Waals surface area contributed by atoms with Gasteiger partial charge in [-0.05, 0) is 50.6 Å². The number of hydrogen-bond acceptors (Lipinski definition) is 7. The van der Waals surface area contributed by atoms with Crippen molar-refractivity contribution < 1.29 is 4.74 Å². The summed E-state index contributed by atoms with van der Waals surface area (Å²) in [4.78, 5) is 9.88. The molecule has 0 amide bonds. The lowest BCUT2D eigenvalue weighted by Gasteiger charge is -2.25. The quantitative estimate of drug-likeness (QED) is 0.349. The van der Waals surface area contributed by atoms with E-state index in [1.807, 2.05) is 37.4 Å². The maximum Gasteiger partial charge on any atom is 0.163 e. The maximum absolute atomic E-state index is 5.53. The number of para-hydroxylation sites is 1. The third kappa shape index (κ3) is 6.51. The number of anilines is 3. The number of aromatic nitrogens is 2. The Morgan fingerprint density at radius 3 is 2.52 bits per heavy atom. The fourth-order valence-electron chi connectivity index (χ4n) is 3.87. The summed E-state index contributed by atoms with van der Waals surface area (Å²) < 4.78 is 5.53. The van der Waals surface area contributed by atoms with Crippen LogP contribution < -0.4 is 21.3 Å². The van der Waals surface area contributed by atoms with E-state index < -0.39 is 0 Å². The summed E-state index contributed by atoms with van der Waals surface area (Å²) in [5.74, 6) is 2.41. The molecule has 0 unspecified atom stereocenters. The van der Waals surface area contributed by atoms with Crippen molar-refractivity contribution in [3.8, 4) is 11.4 Å². The lowest BCUT2D eigenvalue weighted by molar-refractivity contribution is 0.0904. The van der Waals surface area contributed by atoms with Gasteiger partial charge in [-0.25, -0.2) is 9.97 Å². The number of nitrogens with zero attached hydrogens (tertiary/aromatic N) is 2. The summed E-state index contributed by atoms with van der Waals surface area (Å²) in [7, 11) is 1.96. The SMILES string of the molecule is CNCCNCc1cccc(-c2nc(Nc3ccccc3)c(C)c(NC3CCOCC3)n2)c1. The average Bonchev–Trinajstić information content (AvgIpc) is 2.86. The van der Waals surface area contributed by atoms with E-state index in [0.29, 0.717) is 11.9 Å². The number of benzene rings is 2. The highest BCUT2D eigenvalue weighted by Crippen LogP contribution is 2.29. The van der Waals surface area contributed by atoms with Crippen molar-refractivity contribution in [1.82, 2.24) is 20.6 Å². The molecule has 3 aromatic rings. The number of likely N-dealkylation sites (N-methyl/N-ethyl adjacent to an activating group) is 1. The van der Waals surface area contributed by atoms with Crippen molar-refractivity contribution in [1.29, 1.82) is 0 Å². The molecular weight excluding hydrogens is 412 g/mol. The van der Waals surface area contributed by atoms with E-state index in [0.717, 1.165) is 74.1 Å². The molecule has 1 aromatic heterocycles. The molecule has 0 spiro atoms. The topological polar surface area (TPSA) is 83.1 Å². The van der Waals surface area contributed by atoms with Crippen LogP contribution in [0.1, 0.15) is 24.0 Å². The molecule has 7 heteroatoms. The average molecular weight is 447 g/mol. The first-order valence-electron chi connectivity index (χ1n) is 11.7. The lowest BCUT2D eigenvalue weighted by atomic mass is 10.1. The molecule has 2 heterocycles. The van der Waals surface area contributed by atoms with Gasteiger partial charge in [-0.1, -0.05) is 36.4 Å². The van der Waals surface area contributed by atoms with Gasteiger partial charge in [0.25, 0.3) is 0 Å². The highest BCUT2D eigenvalue weighted by Gasteiger charge is 2.18. The molecule has 2 aromatic carbocycles. The van der Waals surface area contributed by atoms with Crippen LogP contribution in [0.25, 0.3) is 11.4 Å². The summed E-state index contributed by atoms with van der Waals surface area (Å²) in [5, 5.41) is 13.8. The Balaban J connectivity index is 1.63. The van der Waals surface area contributed by atoms with Gasteiger partial charge in [0.1, 0.15) is 11.6 Å². The molecule has 174 valence electrons. The van der Waals surface area contributed by atoms with Gasteiger partial charge in [0.2, 0.25) is 0 Å². The lowest BCUT2D eigenvalue weighted by Crippen LogP contribution is -2.28. The predicted molar refractivity (Wildman–Crippen MR) is 135 cm³/mol. The van der Waals surface area contributed by atoms with Crippen molar-refractivity contribution in [3.63, 3.8) is 0 Å². The van der Waals surface area contributed by atoms with Crippen LogP contribution in [-0.4, -0.2) is 49.4 Å². The fraction of sp³-hybridized carbons (Fsp3) is 0.385. The molecule has 33 heavy (non-hydrogen) atoms. The van der Waals surface area contributed by atoms with Crippen LogP contribution in [0, 0.1) is 6.92 Å². The van der Waals surface area contributed by atoms with Gasteiger partial charge in [-0.15, -0.1) is 0 Å². The van der Waals surface area contributed by atoms with Crippen molar-refractivity contribution in [2.24, 2.45) is 0 Å².